The number of aromatic amines is 1. The topological polar surface area (TPSA) is 81.3 Å². The summed E-state index contributed by atoms with van der Waals surface area (Å²) in [5.41, 5.74) is 2.02. The Morgan fingerprint density at radius 1 is 1.53 bits per heavy atom. The Kier molecular flexibility index (Phi) is 2.70. The zero-order valence-electron chi connectivity index (χ0n) is 10.4. The van der Waals surface area contributed by atoms with Crippen molar-refractivity contribution in [2.45, 2.75) is 12.8 Å². The molecule has 0 saturated carbocycles. The standard InChI is InChI=1S/C13H12N2O4/c1-18-13(17)7-5-9-10(14-6-7)8-3-2-4-19-11(8)12(16)15-9/h5-6H,2-4H2,1H3,(H,15,16). The van der Waals surface area contributed by atoms with Gasteiger partial charge in [0.15, 0.2) is 5.75 Å². The molecule has 0 unspecified atom stereocenters. The lowest BCUT2D eigenvalue weighted by atomic mass is 10.1. The molecule has 19 heavy (non-hydrogen) atoms. The number of hydrogen-bond donors (Lipinski definition) is 1. The highest BCUT2D eigenvalue weighted by molar-refractivity contribution is 5.93. The molecular formula is C13H12N2O4. The minimum atomic E-state index is -0.482. The minimum absolute atomic E-state index is 0.286. The number of aryl methyl sites for hydroxylation is 1. The fourth-order valence-electron chi connectivity index (χ4n) is 2.26. The lowest BCUT2D eigenvalue weighted by Gasteiger charge is -2.17. The molecule has 0 amide bonds. The number of methoxy groups -OCH3 is 1. The van der Waals surface area contributed by atoms with Crippen LogP contribution < -0.4 is 10.3 Å². The highest BCUT2D eigenvalue weighted by atomic mass is 16.5. The number of aromatic nitrogens is 2. The number of hydrogen-bond acceptors (Lipinski definition) is 5. The third kappa shape index (κ3) is 1.85. The van der Waals surface area contributed by atoms with Crippen LogP contribution in [0.5, 0.6) is 5.75 Å². The van der Waals surface area contributed by atoms with Crippen molar-refractivity contribution < 1.29 is 14.3 Å². The predicted molar refractivity (Wildman–Crippen MR) is 67.5 cm³/mol. The van der Waals surface area contributed by atoms with Crippen LogP contribution in [0.1, 0.15) is 22.3 Å². The molecule has 1 aliphatic rings. The molecule has 1 N–H and O–H groups in total. The SMILES string of the molecule is COC(=O)c1cnc2c3c(c(=O)[nH]c2c1)OCCC3. The fourth-order valence-corrected chi connectivity index (χ4v) is 2.26. The normalized spacial score (nSPS) is 13.7. The van der Waals surface area contributed by atoms with Gasteiger partial charge in [-0.1, -0.05) is 0 Å². The lowest BCUT2D eigenvalue weighted by Crippen LogP contribution is -2.20. The Bertz CT molecular complexity index is 720. The first-order valence-corrected chi connectivity index (χ1v) is 5.96. The van der Waals surface area contributed by atoms with Crippen molar-refractivity contribution >= 4 is 17.0 Å². The van der Waals surface area contributed by atoms with Crippen LogP contribution >= 0.6 is 0 Å². The van der Waals surface area contributed by atoms with E-state index in [2.05, 4.69) is 14.7 Å². The Labute approximate surface area is 108 Å². The summed E-state index contributed by atoms with van der Waals surface area (Å²) in [5.74, 6) is -0.138. The van der Waals surface area contributed by atoms with Crippen molar-refractivity contribution in [2.75, 3.05) is 13.7 Å². The van der Waals surface area contributed by atoms with Gasteiger partial charge in [-0.2, -0.15) is 0 Å². The van der Waals surface area contributed by atoms with Crippen LogP contribution in [-0.2, 0) is 11.2 Å². The van der Waals surface area contributed by atoms with Crippen molar-refractivity contribution in [1.82, 2.24) is 9.97 Å². The summed E-state index contributed by atoms with van der Waals surface area (Å²) < 4.78 is 10.0. The number of nitrogens with one attached hydrogen (secondary N) is 1. The maximum absolute atomic E-state index is 11.9. The van der Waals surface area contributed by atoms with Crippen LogP contribution in [0.15, 0.2) is 17.1 Å². The number of ether oxygens (including phenoxy) is 2. The van der Waals surface area contributed by atoms with Gasteiger partial charge in [-0.3, -0.25) is 9.78 Å². The van der Waals surface area contributed by atoms with E-state index in [0.29, 0.717) is 29.0 Å². The fraction of sp³-hybridized carbons (Fsp3) is 0.308. The molecule has 0 bridgehead atoms. The molecule has 0 radical (unpaired) electrons. The monoisotopic (exact) mass is 260 g/mol. The molecule has 0 aromatic carbocycles. The van der Waals surface area contributed by atoms with Crippen LogP contribution in [0.4, 0.5) is 0 Å². The number of H-pyrrole nitrogens is 1. The summed E-state index contributed by atoms with van der Waals surface area (Å²) in [6, 6.07) is 1.57. The van der Waals surface area contributed by atoms with Crippen LogP contribution in [0.3, 0.4) is 0 Å². The average Bonchev–Trinajstić information content (AvgIpc) is 2.46. The van der Waals surface area contributed by atoms with Gasteiger partial charge in [0.05, 0.1) is 30.3 Å². The maximum atomic E-state index is 11.9. The van der Waals surface area contributed by atoms with Crippen molar-refractivity contribution in [2.24, 2.45) is 0 Å². The summed E-state index contributed by atoms with van der Waals surface area (Å²) in [7, 11) is 1.30. The summed E-state index contributed by atoms with van der Waals surface area (Å²) in [6.45, 7) is 0.543. The van der Waals surface area contributed by atoms with Gasteiger partial charge in [0.2, 0.25) is 0 Å². The van der Waals surface area contributed by atoms with Crippen LogP contribution in [0, 0.1) is 0 Å². The quantitative estimate of drug-likeness (QED) is 0.774. The Morgan fingerprint density at radius 2 is 2.37 bits per heavy atom. The first kappa shape index (κ1) is 11.7. The number of carbonyl (C=O) groups is 1. The maximum Gasteiger partial charge on any atom is 0.339 e. The zero-order chi connectivity index (χ0) is 13.4. The summed E-state index contributed by atoms with van der Waals surface area (Å²) >= 11 is 0. The number of esters is 1. The minimum Gasteiger partial charge on any atom is -0.488 e. The predicted octanol–water partition coefficient (Wildman–Crippen LogP) is 1.03. The number of carbonyl (C=O) groups excluding carboxylic acids is 1. The molecular weight excluding hydrogens is 248 g/mol. The second-order valence-electron chi connectivity index (χ2n) is 4.33. The van der Waals surface area contributed by atoms with Crippen molar-refractivity contribution in [3.05, 3.63) is 33.7 Å². The van der Waals surface area contributed by atoms with E-state index in [0.717, 1.165) is 18.4 Å². The van der Waals surface area contributed by atoms with Gasteiger partial charge in [0, 0.05) is 11.8 Å². The Balaban J connectivity index is 2.26. The van der Waals surface area contributed by atoms with Crippen LogP contribution in [-0.4, -0.2) is 29.7 Å². The third-order valence-corrected chi connectivity index (χ3v) is 3.14. The molecule has 1 aliphatic heterocycles. The Morgan fingerprint density at radius 3 is 3.16 bits per heavy atom. The van der Waals surface area contributed by atoms with Gasteiger partial charge < -0.3 is 14.5 Å². The summed E-state index contributed by atoms with van der Waals surface area (Å²) in [5, 5.41) is 0. The van der Waals surface area contributed by atoms with Crippen molar-refractivity contribution in [3.8, 4) is 5.75 Å². The lowest BCUT2D eigenvalue weighted by molar-refractivity contribution is 0.0600. The average molecular weight is 260 g/mol. The summed E-state index contributed by atoms with van der Waals surface area (Å²) in [4.78, 5) is 30.3. The van der Waals surface area contributed by atoms with Crippen molar-refractivity contribution in [3.63, 3.8) is 0 Å². The number of rotatable bonds is 1. The highest BCUT2D eigenvalue weighted by Crippen LogP contribution is 2.26. The molecule has 0 fully saturated rings. The van der Waals surface area contributed by atoms with Crippen LogP contribution in [0.25, 0.3) is 11.0 Å². The molecule has 2 aromatic rings. The van der Waals surface area contributed by atoms with E-state index in [1.807, 2.05) is 0 Å². The molecule has 6 heteroatoms. The number of pyridine rings is 2. The largest absolute Gasteiger partial charge is 0.488 e. The molecule has 98 valence electrons. The second-order valence-corrected chi connectivity index (χ2v) is 4.33. The third-order valence-electron chi connectivity index (χ3n) is 3.14. The smallest absolute Gasteiger partial charge is 0.339 e. The Hall–Kier alpha value is -2.37. The van der Waals surface area contributed by atoms with E-state index in [4.69, 9.17) is 4.74 Å². The molecule has 0 saturated heterocycles. The highest BCUT2D eigenvalue weighted by Gasteiger charge is 2.19. The van der Waals surface area contributed by atoms with Gasteiger partial charge in [-0.05, 0) is 18.9 Å². The summed E-state index contributed by atoms with van der Waals surface area (Å²) in [6.07, 6.45) is 3.05. The van der Waals surface area contributed by atoms with Crippen LogP contribution in [0.2, 0.25) is 0 Å². The van der Waals surface area contributed by atoms with Gasteiger partial charge in [-0.15, -0.1) is 0 Å². The molecule has 2 aromatic heterocycles. The van der Waals surface area contributed by atoms with E-state index < -0.39 is 5.97 Å². The molecule has 0 aliphatic carbocycles. The van der Waals surface area contributed by atoms with E-state index in [9.17, 15) is 9.59 Å². The number of fused-ring (bicyclic) bond motifs is 3. The van der Waals surface area contributed by atoms with Gasteiger partial charge >= 0.3 is 5.97 Å². The molecule has 3 heterocycles. The second kappa shape index (κ2) is 4.38. The van der Waals surface area contributed by atoms with Crippen molar-refractivity contribution in [1.29, 1.82) is 0 Å². The first-order chi connectivity index (χ1) is 9.20. The van der Waals surface area contributed by atoms with E-state index in [1.54, 1.807) is 6.07 Å². The van der Waals surface area contributed by atoms with E-state index in [1.165, 1.54) is 13.3 Å². The first-order valence-electron chi connectivity index (χ1n) is 5.96. The van der Waals surface area contributed by atoms with E-state index in [-0.39, 0.29) is 5.56 Å². The van der Waals surface area contributed by atoms with Gasteiger partial charge in [0.1, 0.15) is 0 Å². The number of nitrogens with zero attached hydrogens (tertiary/aromatic N) is 1. The zero-order valence-corrected chi connectivity index (χ0v) is 10.4. The molecule has 0 spiro atoms. The molecule has 6 nitrogen and oxygen atoms in total. The molecule has 3 rings (SSSR count). The van der Waals surface area contributed by atoms with Gasteiger partial charge in [0.25, 0.3) is 5.56 Å². The van der Waals surface area contributed by atoms with E-state index >= 15 is 0 Å². The van der Waals surface area contributed by atoms with Gasteiger partial charge in [-0.25, -0.2) is 4.79 Å². The molecule has 0 atom stereocenters.